The van der Waals surface area contributed by atoms with Crippen molar-refractivity contribution in [2.45, 2.75) is 69.1 Å². The van der Waals surface area contributed by atoms with Gasteiger partial charge in [-0.25, -0.2) is 13.1 Å². The standard InChI is InChI=1S/C25H36N2O5S/c28-24(26-17-25-14-18-10-19(15-25)12-20(11-18)16-25)4-2-1-3-7-27-33(29,30)21-5-6-22-23(13-21)32-9-8-31-22/h5-6,13,18-20,27H,1-4,7-12,14-17H2,(H,26,28). The molecule has 4 aliphatic carbocycles. The second kappa shape index (κ2) is 9.45. The Morgan fingerprint density at radius 1 is 0.939 bits per heavy atom. The fourth-order valence-corrected chi connectivity index (χ4v) is 8.04. The molecule has 1 amide bonds. The highest BCUT2D eigenvalue weighted by Gasteiger charge is 2.50. The lowest BCUT2D eigenvalue weighted by Crippen LogP contribution is -2.51. The van der Waals surface area contributed by atoms with Crippen molar-refractivity contribution in [3.8, 4) is 11.5 Å². The van der Waals surface area contributed by atoms with Crippen molar-refractivity contribution in [1.29, 1.82) is 0 Å². The third-order valence-corrected chi connectivity index (χ3v) is 9.48. The molecule has 8 heteroatoms. The number of sulfonamides is 1. The van der Waals surface area contributed by atoms with E-state index in [0.717, 1.165) is 37.1 Å². The fourth-order valence-electron chi connectivity index (χ4n) is 6.95. The maximum atomic E-state index is 12.5. The van der Waals surface area contributed by atoms with Crippen LogP contribution < -0.4 is 19.5 Å². The molecule has 1 aromatic rings. The van der Waals surface area contributed by atoms with Crippen LogP contribution in [0.4, 0.5) is 0 Å². The Hall–Kier alpha value is -1.80. The van der Waals surface area contributed by atoms with Crippen molar-refractivity contribution in [3.63, 3.8) is 0 Å². The number of amides is 1. The average molecular weight is 477 g/mol. The summed E-state index contributed by atoms with van der Waals surface area (Å²) in [5.74, 6) is 3.88. The zero-order valence-corrected chi connectivity index (χ0v) is 20.1. The third-order valence-electron chi connectivity index (χ3n) is 8.02. The Morgan fingerprint density at radius 3 is 2.30 bits per heavy atom. The summed E-state index contributed by atoms with van der Waals surface area (Å²) in [6.07, 6.45) is 11.0. The van der Waals surface area contributed by atoms with E-state index in [4.69, 9.17) is 9.47 Å². The number of carbonyl (C=O) groups is 1. The van der Waals surface area contributed by atoms with Gasteiger partial charge >= 0.3 is 0 Å². The van der Waals surface area contributed by atoms with E-state index in [9.17, 15) is 13.2 Å². The molecule has 0 radical (unpaired) electrons. The van der Waals surface area contributed by atoms with Gasteiger partial charge in [0.25, 0.3) is 0 Å². The molecule has 4 bridgehead atoms. The summed E-state index contributed by atoms with van der Waals surface area (Å²) in [5.41, 5.74) is 0.372. The van der Waals surface area contributed by atoms with Crippen LogP contribution in [0.2, 0.25) is 0 Å². The summed E-state index contributed by atoms with van der Waals surface area (Å²) in [5, 5.41) is 3.23. The van der Waals surface area contributed by atoms with Crippen LogP contribution in [0.15, 0.2) is 23.1 Å². The third kappa shape index (κ3) is 5.32. The van der Waals surface area contributed by atoms with Gasteiger partial charge in [0.05, 0.1) is 4.90 Å². The lowest BCUT2D eigenvalue weighted by molar-refractivity contribution is -0.123. The lowest BCUT2D eigenvalue weighted by atomic mass is 9.49. The van der Waals surface area contributed by atoms with Gasteiger partial charge in [0.1, 0.15) is 13.2 Å². The lowest BCUT2D eigenvalue weighted by Gasteiger charge is -2.56. The molecule has 0 aromatic heterocycles. The quantitative estimate of drug-likeness (QED) is 0.503. The smallest absolute Gasteiger partial charge is 0.240 e. The van der Waals surface area contributed by atoms with Crippen LogP contribution in [0.1, 0.15) is 64.2 Å². The minimum atomic E-state index is -3.59. The second-order valence-corrected chi connectivity index (χ2v) is 12.5. The first-order valence-electron chi connectivity index (χ1n) is 12.6. The first-order valence-corrected chi connectivity index (χ1v) is 14.1. The first-order chi connectivity index (χ1) is 15.9. The molecule has 0 unspecified atom stereocenters. The SMILES string of the molecule is O=C(CCCCCNS(=O)(=O)c1ccc2c(c1)OCCO2)NCC12CC3CC(CC(C3)C1)C2. The highest BCUT2D eigenvalue weighted by molar-refractivity contribution is 7.89. The summed E-state index contributed by atoms with van der Waals surface area (Å²) in [4.78, 5) is 12.6. The van der Waals surface area contributed by atoms with E-state index in [-0.39, 0.29) is 10.8 Å². The Morgan fingerprint density at radius 2 is 1.61 bits per heavy atom. The first kappa shape index (κ1) is 23.0. The molecule has 4 saturated carbocycles. The minimum Gasteiger partial charge on any atom is -0.486 e. The van der Waals surface area contributed by atoms with E-state index in [1.165, 1.54) is 50.7 Å². The maximum absolute atomic E-state index is 12.5. The number of unbranched alkanes of at least 4 members (excludes halogenated alkanes) is 2. The summed E-state index contributed by atoms with van der Waals surface area (Å²) in [6, 6.07) is 4.67. The summed E-state index contributed by atoms with van der Waals surface area (Å²) < 4.78 is 38.6. The monoisotopic (exact) mass is 476 g/mol. The Kier molecular flexibility index (Phi) is 6.58. The minimum absolute atomic E-state index is 0.141. The Balaban J connectivity index is 0.986. The van der Waals surface area contributed by atoms with Gasteiger partial charge in [-0.1, -0.05) is 6.42 Å². The average Bonchev–Trinajstić information content (AvgIpc) is 2.79. The Bertz CT molecular complexity index is 942. The van der Waals surface area contributed by atoms with Gasteiger partial charge < -0.3 is 14.8 Å². The van der Waals surface area contributed by atoms with Crippen molar-refractivity contribution in [3.05, 3.63) is 18.2 Å². The van der Waals surface area contributed by atoms with E-state index in [1.54, 1.807) is 6.07 Å². The number of carbonyl (C=O) groups excluding carboxylic acids is 1. The number of hydrogen-bond acceptors (Lipinski definition) is 5. The van der Waals surface area contributed by atoms with Crippen LogP contribution in [0.25, 0.3) is 0 Å². The van der Waals surface area contributed by atoms with Crippen molar-refractivity contribution in [1.82, 2.24) is 10.0 Å². The molecule has 7 nitrogen and oxygen atoms in total. The van der Waals surface area contributed by atoms with Crippen LogP contribution >= 0.6 is 0 Å². The van der Waals surface area contributed by atoms with Crippen LogP contribution in [-0.4, -0.2) is 40.6 Å². The molecule has 0 atom stereocenters. The molecular formula is C25H36N2O5S. The number of fused-ring (bicyclic) bond motifs is 1. The van der Waals surface area contributed by atoms with Crippen LogP contribution in [0.3, 0.4) is 0 Å². The molecule has 4 fully saturated rings. The molecular weight excluding hydrogens is 440 g/mol. The fraction of sp³-hybridized carbons (Fsp3) is 0.720. The second-order valence-electron chi connectivity index (χ2n) is 10.7. The largest absolute Gasteiger partial charge is 0.486 e. The van der Waals surface area contributed by atoms with Crippen molar-refractivity contribution < 1.29 is 22.7 Å². The summed E-state index contributed by atoms with van der Waals surface area (Å²) >= 11 is 0. The molecule has 0 spiro atoms. The molecule has 0 saturated heterocycles. The van der Waals surface area contributed by atoms with Gasteiger partial charge in [-0.2, -0.15) is 0 Å². The van der Waals surface area contributed by atoms with Crippen LogP contribution in [0, 0.1) is 23.2 Å². The Labute approximate surface area is 197 Å². The topological polar surface area (TPSA) is 93.7 Å². The molecule has 182 valence electrons. The van der Waals surface area contributed by atoms with E-state index in [2.05, 4.69) is 10.0 Å². The highest BCUT2D eigenvalue weighted by Crippen LogP contribution is 2.59. The number of rotatable bonds is 10. The molecule has 1 aliphatic heterocycles. The normalized spacial score (nSPS) is 29.8. The predicted molar refractivity (Wildman–Crippen MR) is 125 cm³/mol. The predicted octanol–water partition coefficient (Wildman–Crippen LogP) is 3.63. The molecule has 1 aromatic carbocycles. The van der Waals surface area contributed by atoms with Crippen LogP contribution in [-0.2, 0) is 14.8 Å². The molecule has 2 N–H and O–H groups in total. The zero-order chi connectivity index (χ0) is 22.9. The van der Waals surface area contributed by atoms with E-state index in [0.29, 0.717) is 49.5 Å². The molecule has 33 heavy (non-hydrogen) atoms. The van der Waals surface area contributed by atoms with E-state index < -0.39 is 10.0 Å². The van der Waals surface area contributed by atoms with Crippen LogP contribution in [0.5, 0.6) is 11.5 Å². The number of benzene rings is 1. The van der Waals surface area contributed by atoms with Crippen molar-refractivity contribution >= 4 is 15.9 Å². The van der Waals surface area contributed by atoms with Gasteiger partial charge in [0, 0.05) is 25.6 Å². The van der Waals surface area contributed by atoms with Gasteiger partial charge in [-0.15, -0.1) is 0 Å². The van der Waals surface area contributed by atoms with E-state index in [1.807, 2.05) is 0 Å². The van der Waals surface area contributed by atoms with Gasteiger partial charge in [0.2, 0.25) is 15.9 Å². The van der Waals surface area contributed by atoms with Crippen molar-refractivity contribution in [2.75, 3.05) is 26.3 Å². The summed E-state index contributed by atoms with van der Waals surface area (Å²) in [7, 11) is -3.59. The number of ether oxygens (including phenoxy) is 2. The van der Waals surface area contributed by atoms with Gasteiger partial charge in [-0.3, -0.25) is 4.79 Å². The van der Waals surface area contributed by atoms with Crippen molar-refractivity contribution in [2.24, 2.45) is 23.2 Å². The maximum Gasteiger partial charge on any atom is 0.240 e. The molecule has 5 aliphatic rings. The number of hydrogen-bond donors (Lipinski definition) is 2. The number of nitrogens with one attached hydrogen (secondary N) is 2. The van der Waals surface area contributed by atoms with Gasteiger partial charge in [0.15, 0.2) is 11.5 Å². The summed E-state index contributed by atoms with van der Waals surface area (Å²) in [6.45, 7) is 2.09. The van der Waals surface area contributed by atoms with Gasteiger partial charge in [-0.05, 0) is 86.7 Å². The van der Waals surface area contributed by atoms with E-state index >= 15 is 0 Å². The zero-order valence-electron chi connectivity index (χ0n) is 19.3. The highest BCUT2D eigenvalue weighted by atomic mass is 32.2. The molecule has 6 rings (SSSR count). The molecule has 1 heterocycles.